The Labute approximate surface area is 156 Å². The predicted octanol–water partition coefficient (Wildman–Crippen LogP) is 1.73. The Kier molecular flexibility index (Phi) is 7.43. The van der Waals surface area contributed by atoms with E-state index in [1.54, 1.807) is 0 Å². The van der Waals surface area contributed by atoms with Gasteiger partial charge in [-0.3, -0.25) is 19.8 Å². The standard InChI is InChI=1S/C19H34N4O3/c1-19(2,3)21-18(26)20-16(24)14-22-12-8-15(9-13-22)17(25)23-10-6-4-5-7-11-23/h15H,4-14H2,1-3H3,(H2,20,21,24,26). The van der Waals surface area contributed by atoms with E-state index in [2.05, 4.69) is 10.6 Å². The van der Waals surface area contributed by atoms with Crippen LogP contribution in [0.2, 0.25) is 0 Å². The van der Waals surface area contributed by atoms with Gasteiger partial charge in [-0.15, -0.1) is 0 Å². The van der Waals surface area contributed by atoms with Gasteiger partial charge in [0, 0.05) is 24.5 Å². The van der Waals surface area contributed by atoms with Crippen molar-refractivity contribution in [1.82, 2.24) is 20.4 Å². The average Bonchev–Trinajstić information content (AvgIpc) is 2.82. The van der Waals surface area contributed by atoms with Crippen LogP contribution in [0.25, 0.3) is 0 Å². The van der Waals surface area contributed by atoms with Crippen molar-refractivity contribution < 1.29 is 14.4 Å². The molecule has 0 unspecified atom stereocenters. The highest BCUT2D eigenvalue weighted by Crippen LogP contribution is 2.21. The number of nitrogens with zero attached hydrogens (tertiary/aromatic N) is 2. The van der Waals surface area contributed by atoms with E-state index in [-0.39, 0.29) is 23.9 Å². The molecule has 26 heavy (non-hydrogen) atoms. The number of piperidine rings is 1. The number of likely N-dealkylation sites (tertiary alicyclic amines) is 2. The number of hydrogen-bond acceptors (Lipinski definition) is 4. The summed E-state index contributed by atoms with van der Waals surface area (Å²) in [4.78, 5) is 40.5. The van der Waals surface area contributed by atoms with Crippen molar-refractivity contribution in [2.45, 2.75) is 64.8 Å². The lowest BCUT2D eigenvalue weighted by Gasteiger charge is -2.33. The quantitative estimate of drug-likeness (QED) is 0.797. The van der Waals surface area contributed by atoms with Crippen LogP contribution in [0.5, 0.6) is 0 Å². The molecule has 2 N–H and O–H groups in total. The highest BCUT2D eigenvalue weighted by molar-refractivity contribution is 5.95. The van der Waals surface area contributed by atoms with Gasteiger partial charge in [-0.2, -0.15) is 0 Å². The molecular weight excluding hydrogens is 332 g/mol. The van der Waals surface area contributed by atoms with E-state index in [0.717, 1.165) is 51.9 Å². The van der Waals surface area contributed by atoms with E-state index in [1.807, 2.05) is 30.6 Å². The van der Waals surface area contributed by atoms with Gasteiger partial charge >= 0.3 is 6.03 Å². The minimum absolute atomic E-state index is 0.0802. The van der Waals surface area contributed by atoms with Crippen molar-refractivity contribution in [3.63, 3.8) is 0 Å². The Balaban J connectivity index is 1.71. The highest BCUT2D eigenvalue weighted by Gasteiger charge is 2.29. The summed E-state index contributed by atoms with van der Waals surface area (Å²) in [5, 5.41) is 5.08. The van der Waals surface area contributed by atoms with Gasteiger partial charge in [-0.25, -0.2) is 4.79 Å². The van der Waals surface area contributed by atoms with E-state index in [9.17, 15) is 14.4 Å². The van der Waals surface area contributed by atoms with Gasteiger partial charge in [0.2, 0.25) is 11.8 Å². The Morgan fingerprint density at radius 2 is 1.50 bits per heavy atom. The van der Waals surface area contributed by atoms with E-state index < -0.39 is 6.03 Å². The lowest BCUT2D eigenvalue weighted by atomic mass is 9.95. The number of carbonyl (C=O) groups excluding carboxylic acids is 3. The van der Waals surface area contributed by atoms with Crippen molar-refractivity contribution in [2.24, 2.45) is 5.92 Å². The molecule has 2 aliphatic rings. The molecule has 0 bridgehead atoms. The Bertz CT molecular complexity index is 499. The topological polar surface area (TPSA) is 81.8 Å². The Hall–Kier alpha value is -1.63. The number of imide groups is 1. The van der Waals surface area contributed by atoms with E-state index in [4.69, 9.17) is 0 Å². The third-order valence-corrected chi connectivity index (χ3v) is 4.96. The van der Waals surface area contributed by atoms with Crippen LogP contribution < -0.4 is 10.6 Å². The molecule has 0 aromatic rings. The SMILES string of the molecule is CC(C)(C)NC(=O)NC(=O)CN1CCC(C(=O)N2CCCCCC2)CC1. The summed E-state index contributed by atoms with van der Waals surface area (Å²) in [6.07, 6.45) is 6.25. The van der Waals surface area contributed by atoms with E-state index in [0.29, 0.717) is 5.91 Å². The second kappa shape index (κ2) is 9.35. The monoisotopic (exact) mass is 366 g/mol. The van der Waals surface area contributed by atoms with Gasteiger partial charge in [0.05, 0.1) is 6.54 Å². The van der Waals surface area contributed by atoms with Gasteiger partial charge in [-0.05, 0) is 59.5 Å². The Morgan fingerprint density at radius 3 is 2.04 bits per heavy atom. The van der Waals surface area contributed by atoms with Crippen LogP contribution >= 0.6 is 0 Å². The molecule has 2 saturated heterocycles. The van der Waals surface area contributed by atoms with Gasteiger partial charge in [0.15, 0.2) is 0 Å². The molecule has 0 saturated carbocycles. The van der Waals surface area contributed by atoms with Crippen LogP contribution in [-0.2, 0) is 9.59 Å². The molecule has 0 aliphatic carbocycles. The maximum Gasteiger partial charge on any atom is 0.321 e. The maximum atomic E-state index is 12.7. The van der Waals surface area contributed by atoms with Crippen LogP contribution in [0.15, 0.2) is 0 Å². The van der Waals surface area contributed by atoms with Crippen LogP contribution in [0.4, 0.5) is 4.79 Å². The average molecular weight is 367 g/mol. The highest BCUT2D eigenvalue weighted by atomic mass is 16.2. The second-order valence-corrected chi connectivity index (χ2v) is 8.54. The van der Waals surface area contributed by atoms with Crippen LogP contribution in [0.3, 0.4) is 0 Å². The summed E-state index contributed by atoms with van der Waals surface area (Å²) in [5.74, 6) is 0.0706. The van der Waals surface area contributed by atoms with Crippen molar-refractivity contribution in [3.05, 3.63) is 0 Å². The third kappa shape index (κ3) is 6.94. The van der Waals surface area contributed by atoms with Crippen LogP contribution in [-0.4, -0.2) is 65.9 Å². The fourth-order valence-corrected chi connectivity index (χ4v) is 3.63. The van der Waals surface area contributed by atoms with Crippen LogP contribution in [0.1, 0.15) is 59.3 Å². The molecule has 0 atom stereocenters. The summed E-state index contributed by atoms with van der Waals surface area (Å²) < 4.78 is 0. The minimum atomic E-state index is -0.464. The zero-order chi connectivity index (χ0) is 19.2. The van der Waals surface area contributed by atoms with Crippen LogP contribution in [0, 0.1) is 5.92 Å². The molecule has 2 fully saturated rings. The lowest BCUT2D eigenvalue weighted by Crippen LogP contribution is -2.51. The predicted molar refractivity (Wildman–Crippen MR) is 101 cm³/mol. The number of nitrogens with one attached hydrogen (secondary N) is 2. The van der Waals surface area contributed by atoms with Crippen molar-refractivity contribution in [2.75, 3.05) is 32.7 Å². The maximum absolute atomic E-state index is 12.7. The summed E-state index contributed by atoms with van der Waals surface area (Å²) in [7, 11) is 0. The molecule has 0 aromatic carbocycles. The summed E-state index contributed by atoms with van der Waals surface area (Å²) in [5.41, 5.74) is -0.379. The molecule has 148 valence electrons. The number of amides is 4. The fourth-order valence-electron chi connectivity index (χ4n) is 3.63. The molecule has 0 aromatic heterocycles. The van der Waals surface area contributed by atoms with E-state index >= 15 is 0 Å². The largest absolute Gasteiger partial charge is 0.342 e. The molecular formula is C19H34N4O3. The first kappa shape index (κ1) is 20.7. The normalized spacial score (nSPS) is 20.3. The minimum Gasteiger partial charge on any atom is -0.342 e. The molecule has 2 aliphatic heterocycles. The van der Waals surface area contributed by atoms with Gasteiger partial charge < -0.3 is 10.2 Å². The van der Waals surface area contributed by atoms with Crippen molar-refractivity contribution in [1.29, 1.82) is 0 Å². The molecule has 2 rings (SSSR count). The van der Waals surface area contributed by atoms with Gasteiger partial charge in [-0.1, -0.05) is 12.8 Å². The van der Waals surface area contributed by atoms with Crippen molar-refractivity contribution in [3.8, 4) is 0 Å². The number of carbonyl (C=O) groups is 3. The summed E-state index contributed by atoms with van der Waals surface area (Å²) >= 11 is 0. The lowest BCUT2D eigenvalue weighted by molar-refractivity contribution is -0.137. The fraction of sp³-hybridized carbons (Fsp3) is 0.842. The second-order valence-electron chi connectivity index (χ2n) is 8.54. The van der Waals surface area contributed by atoms with E-state index in [1.165, 1.54) is 12.8 Å². The smallest absolute Gasteiger partial charge is 0.321 e. The van der Waals surface area contributed by atoms with Crippen molar-refractivity contribution >= 4 is 17.8 Å². The first-order valence-electron chi connectivity index (χ1n) is 9.88. The summed E-state index contributed by atoms with van der Waals surface area (Å²) in [6, 6.07) is -0.464. The molecule has 4 amide bonds. The first-order valence-corrected chi connectivity index (χ1v) is 9.88. The number of urea groups is 1. The molecule has 7 heteroatoms. The zero-order valence-corrected chi connectivity index (χ0v) is 16.5. The van der Waals surface area contributed by atoms with Gasteiger partial charge in [0.25, 0.3) is 0 Å². The first-order chi connectivity index (χ1) is 12.2. The Morgan fingerprint density at radius 1 is 0.923 bits per heavy atom. The molecule has 2 heterocycles. The number of hydrogen-bond donors (Lipinski definition) is 2. The van der Waals surface area contributed by atoms with Gasteiger partial charge in [0.1, 0.15) is 0 Å². The molecule has 0 radical (unpaired) electrons. The summed E-state index contributed by atoms with van der Waals surface area (Å²) in [6.45, 7) is 9.02. The molecule has 7 nitrogen and oxygen atoms in total. The zero-order valence-electron chi connectivity index (χ0n) is 16.5. The third-order valence-electron chi connectivity index (χ3n) is 4.96. The number of rotatable bonds is 3. The molecule has 0 spiro atoms.